The third kappa shape index (κ3) is 3.06. The van der Waals surface area contributed by atoms with Crippen LogP contribution in [0, 0.1) is 0 Å². The van der Waals surface area contributed by atoms with E-state index in [1.165, 1.54) is 0 Å². The number of ether oxygens (including phenoxy) is 2. The molecule has 1 aliphatic rings. The lowest BCUT2D eigenvalue weighted by Crippen LogP contribution is -2.41. The van der Waals surface area contributed by atoms with Crippen molar-refractivity contribution in [2.24, 2.45) is 0 Å². The van der Waals surface area contributed by atoms with Gasteiger partial charge in [-0.1, -0.05) is 13.8 Å². The number of amides is 1. The summed E-state index contributed by atoms with van der Waals surface area (Å²) in [5.74, 6) is 3.17. The average molecular weight is 344 g/mol. The molecular formula is C18H24N4O3. The first-order valence-electron chi connectivity index (χ1n) is 8.41. The van der Waals surface area contributed by atoms with Gasteiger partial charge in [-0.3, -0.25) is 4.79 Å². The lowest BCUT2D eigenvalue weighted by Gasteiger charge is -2.33. The largest absolute Gasteiger partial charge is 0.497 e. The second-order valence-electron chi connectivity index (χ2n) is 6.60. The minimum Gasteiger partial charge on any atom is -0.497 e. The van der Waals surface area contributed by atoms with Gasteiger partial charge in [0.2, 0.25) is 0 Å². The number of hydrogen-bond acceptors (Lipinski definition) is 5. The number of nitrogens with zero attached hydrogens (tertiary/aromatic N) is 4. The van der Waals surface area contributed by atoms with Crippen molar-refractivity contribution in [1.29, 1.82) is 0 Å². The fourth-order valence-corrected chi connectivity index (χ4v) is 3.26. The fourth-order valence-electron chi connectivity index (χ4n) is 3.26. The Balaban J connectivity index is 1.89. The Morgan fingerprint density at radius 3 is 2.64 bits per heavy atom. The summed E-state index contributed by atoms with van der Waals surface area (Å²) >= 11 is 0. The zero-order valence-electron chi connectivity index (χ0n) is 15.3. The molecule has 0 aliphatic carbocycles. The summed E-state index contributed by atoms with van der Waals surface area (Å²) in [5.41, 5.74) is 0.521. The van der Waals surface area contributed by atoms with Gasteiger partial charge in [-0.05, 0) is 19.1 Å². The number of methoxy groups -OCH3 is 2. The quantitative estimate of drug-likeness (QED) is 0.853. The Morgan fingerprint density at radius 1 is 1.24 bits per heavy atom. The van der Waals surface area contributed by atoms with Crippen LogP contribution in [0.25, 0.3) is 0 Å². The molecular weight excluding hydrogens is 320 g/mol. The molecule has 1 amide bonds. The number of fused-ring (bicyclic) bond motifs is 1. The molecule has 0 fully saturated rings. The van der Waals surface area contributed by atoms with E-state index in [-0.39, 0.29) is 11.9 Å². The van der Waals surface area contributed by atoms with Crippen LogP contribution in [0.5, 0.6) is 11.5 Å². The summed E-state index contributed by atoms with van der Waals surface area (Å²) in [6.45, 7) is 7.34. The summed E-state index contributed by atoms with van der Waals surface area (Å²) in [4.78, 5) is 14.8. The maximum Gasteiger partial charge on any atom is 0.258 e. The number of carbonyl (C=O) groups excluding carboxylic acids is 1. The normalized spacial score (nSPS) is 16.7. The zero-order valence-corrected chi connectivity index (χ0v) is 15.3. The lowest BCUT2D eigenvalue weighted by molar-refractivity contribution is 0.0676. The molecule has 0 bridgehead atoms. The summed E-state index contributed by atoms with van der Waals surface area (Å²) in [6, 6.07) is 5.36. The van der Waals surface area contributed by atoms with Crippen LogP contribution in [0.4, 0.5) is 0 Å². The minimum absolute atomic E-state index is 0.0771. The molecule has 7 heteroatoms. The molecule has 1 aromatic heterocycles. The van der Waals surface area contributed by atoms with Crippen LogP contribution in [0.3, 0.4) is 0 Å². The highest BCUT2D eigenvalue weighted by molar-refractivity contribution is 5.97. The van der Waals surface area contributed by atoms with E-state index in [0.717, 1.165) is 11.6 Å². The van der Waals surface area contributed by atoms with Gasteiger partial charge in [0.15, 0.2) is 5.82 Å². The van der Waals surface area contributed by atoms with Crippen molar-refractivity contribution >= 4 is 5.91 Å². The lowest BCUT2D eigenvalue weighted by atomic mass is 10.1. The topological polar surface area (TPSA) is 69.5 Å². The summed E-state index contributed by atoms with van der Waals surface area (Å²) in [5, 5.41) is 8.60. The van der Waals surface area contributed by atoms with E-state index in [2.05, 4.69) is 35.5 Å². The van der Waals surface area contributed by atoms with Crippen LogP contribution in [0.15, 0.2) is 18.2 Å². The van der Waals surface area contributed by atoms with Crippen molar-refractivity contribution in [3.63, 3.8) is 0 Å². The van der Waals surface area contributed by atoms with E-state index in [1.807, 2.05) is 0 Å². The molecule has 0 radical (unpaired) electrons. The number of aromatic nitrogens is 3. The summed E-state index contributed by atoms with van der Waals surface area (Å²) < 4.78 is 12.7. The number of benzene rings is 1. The van der Waals surface area contributed by atoms with Crippen molar-refractivity contribution in [2.45, 2.75) is 39.3 Å². The Kier molecular flexibility index (Phi) is 4.65. The first-order chi connectivity index (χ1) is 12.0. The molecule has 1 aromatic carbocycles. The van der Waals surface area contributed by atoms with Gasteiger partial charge in [-0.2, -0.15) is 0 Å². The Morgan fingerprint density at radius 2 is 2.00 bits per heavy atom. The maximum atomic E-state index is 13.0. The first-order valence-corrected chi connectivity index (χ1v) is 8.41. The predicted octanol–water partition coefficient (Wildman–Crippen LogP) is 2.64. The van der Waals surface area contributed by atoms with E-state index < -0.39 is 0 Å². The van der Waals surface area contributed by atoms with Crippen LogP contribution < -0.4 is 9.47 Å². The van der Waals surface area contributed by atoms with Gasteiger partial charge < -0.3 is 18.9 Å². The highest BCUT2D eigenvalue weighted by Crippen LogP contribution is 2.29. The number of hydrogen-bond donors (Lipinski definition) is 0. The van der Waals surface area contributed by atoms with Gasteiger partial charge in [-0.25, -0.2) is 0 Å². The van der Waals surface area contributed by atoms with E-state index in [9.17, 15) is 4.79 Å². The van der Waals surface area contributed by atoms with Crippen LogP contribution in [-0.2, 0) is 6.54 Å². The molecule has 1 aliphatic heterocycles. The molecule has 2 aromatic rings. The van der Waals surface area contributed by atoms with Crippen LogP contribution in [-0.4, -0.2) is 46.3 Å². The van der Waals surface area contributed by atoms with E-state index in [4.69, 9.17) is 9.47 Å². The molecule has 1 atom stereocenters. The smallest absolute Gasteiger partial charge is 0.258 e. The van der Waals surface area contributed by atoms with Crippen molar-refractivity contribution in [1.82, 2.24) is 19.7 Å². The van der Waals surface area contributed by atoms with Crippen molar-refractivity contribution in [3.8, 4) is 11.5 Å². The van der Waals surface area contributed by atoms with E-state index in [1.54, 1.807) is 37.3 Å². The highest BCUT2D eigenvalue weighted by Gasteiger charge is 2.31. The Hall–Kier alpha value is -2.57. The first kappa shape index (κ1) is 17.3. The second-order valence-corrected chi connectivity index (χ2v) is 6.60. The monoisotopic (exact) mass is 344 g/mol. The molecule has 25 heavy (non-hydrogen) atoms. The highest BCUT2D eigenvalue weighted by atomic mass is 16.5. The fraction of sp³-hybridized carbons (Fsp3) is 0.500. The van der Waals surface area contributed by atoms with Crippen LogP contribution >= 0.6 is 0 Å². The standard InChI is InChI=1S/C18H24N4O3/c1-11(2)17-20-19-16-10-21(9-12(3)22(16)17)18(23)14-7-6-13(24-4)8-15(14)25-5/h6-8,11-12H,9-10H2,1-5H3/t12-/m0/s1. The SMILES string of the molecule is COc1ccc(C(=O)N2Cc3nnc(C(C)C)n3[C@@H](C)C2)c(OC)c1. The Labute approximate surface area is 147 Å². The molecule has 0 spiro atoms. The van der Waals surface area contributed by atoms with Crippen LogP contribution in [0.1, 0.15) is 54.7 Å². The Bertz CT molecular complexity index is 785. The summed E-state index contributed by atoms with van der Waals surface area (Å²) in [7, 11) is 3.14. The van der Waals surface area contributed by atoms with Gasteiger partial charge in [0, 0.05) is 18.5 Å². The molecule has 0 N–H and O–H groups in total. The van der Waals surface area contributed by atoms with Crippen molar-refractivity contribution in [3.05, 3.63) is 35.4 Å². The molecule has 3 rings (SSSR count). The maximum absolute atomic E-state index is 13.0. The van der Waals surface area contributed by atoms with Crippen molar-refractivity contribution < 1.29 is 14.3 Å². The molecule has 0 unspecified atom stereocenters. The summed E-state index contributed by atoms with van der Waals surface area (Å²) in [6.07, 6.45) is 0. The van der Waals surface area contributed by atoms with Gasteiger partial charge in [-0.15, -0.1) is 10.2 Å². The van der Waals surface area contributed by atoms with Gasteiger partial charge in [0.25, 0.3) is 5.91 Å². The minimum atomic E-state index is -0.0771. The third-order valence-electron chi connectivity index (χ3n) is 4.49. The van der Waals surface area contributed by atoms with Crippen LogP contribution in [0.2, 0.25) is 0 Å². The van der Waals surface area contributed by atoms with Gasteiger partial charge in [0.05, 0.1) is 32.4 Å². The predicted molar refractivity (Wildman–Crippen MR) is 93.1 cm³/mol. The average Bonchev–Trinajstić information content (AvgIpc) is 3.05. The van der Waals surface area contributed by atoms with Gasteiger partial charge in [0.1, 0.15) is 17.3 Å². The van der Waals surface area contributed by atoms with Gasteiger partial charge >= 0.3 is 0 Å². The van der Waals surface area contributed by atoms with E-state index in [0.29, 0.717) is 36.1 Å². The zero-order chi connectivity index (χ0) is 18.1. The molecule has 134 valence electrons. The third-order valence-corrected chi connectivity index (χ3v) is 4.49. The molecule has 2 heterocycles. The molecule has 7 nitrogen and oxygen atoms in total. The van der Waals surface area contributed by atoms with Crippen molar-refractivity contribution in [2.75, 3.05) is 20.8 Å². The van der Waals surface area contributed by atoms with E-state index >= 15 is 0 Å². The second kappa shape index (κ2) is 6.74. The number of carbonyl (C=O) groups is 1. The molecule has 0 saturated heterocycles. The molecule has 0 saturated carbocycles. The number of rotatable bonds is 4.